The van der Waals surface area contributed by atoms with E-state index in [1.807, 2.05) is 27.7 Å². The summed E-state index contributed by atoms with van der Waals surface area (Å²) in [7, 11) is -1.13. The van der Waals surface area contributed by atoms with Gasteiger partial charge in [0.25, 0.3) is 0 Å². The van der Waals surface area contributed by atoms with Crippen LogP contribution in [0.15, 0.2) is 24.3 Å². The van der Waals surface area contributed by atoms with Gasteiger partial charge in [0, 0.05) is 20.1 Å². The Morgan fingerprint density at radius 2 is 1.56 bits per heavy atom. The summed E-state index contributed by atoms with van der Waals surface area (Å²) in [6, 6.07) is 4.94. The van der Waals surface area contributed by atoms with Gasteiger partial charge in [-0.3, -0.25) is 4.79 Å². The molecule has 0 aliphatic carbocycles. The second-order valence-corrected chi connectivity index (χ2v) is 8.92. The predicted molar refractivity (Wildman–Crippen MR) is 98.0 cm³/mol. The van der Waals surface area contributed by atoms with Crippen molar-refractivity contribution >= 4 is 21.8 Å². The molecule has 142 valence electrons. The molecule has 0 aliphatic rings. The fourth-order valence-electron chi connectivity index (χ4n) is 2.58. The molecule has 25 heavy (non-hydrogen) atoms. The van der Waals surface area contributed by atoms with E-state index in [-0.39, 0.29) is 30.1 Å². The average Bonchev–Trinajstić information content (AvgIpc) is 2.50. The Morgan fingerprint density at radius 3 is 1.96 bits per heavy atom. The molecule has 0 aliphatic heterocycles. The number of hydrogen-bond acceptors (Lipinski definition) is 3. The van der Waals surface area contributed by atoms with Crippen LogP contribution in [0.2, 0.25) is 0 Å². The van der Waals surface area contributed by atoms with Crippen molar-refractivity contribution in [1.82, 2.24) is 9.62 Å². The van der Waals surface area contributed by atoms with Gasteiger partial charge in [-0.15, -0.1) is 0 Å². The Morgan fingerprint density at radius 1 is 1.08 bits per heavy atom. The number of halogens is 1. The zero-order valence-corrected chi connectivity index (χ0v) is 16.5. The van der Waals surface area contributed by atoms with Crippen LogP contribution < -0.4 is 9.62 Å². The Balaban J connectivity index is 3.09. The largest absolute Gasteiger partial charge is 0.351 e. The summed E-state index contributed by atoms with van der Waals surface area (Å²) in [6.45, 7) is 7.62. The van der Waals surface area contributed by atoms with E-state index in [1.54, 1.807) is 0 Å². The van der Waals surface area contributed by atoms with E-state index in [9.17, 15) is 17.6 Å². The van der Waals surface area contributed by atoms with Crippen molar-refractivity contribution in [1.29, 1.82) is 0 Å². The van der Waals surface area contributed by atoms with Crippen LogP contribution in [0.25, 0.3) is 0 Å². The van der Waals surface area contributed by atoms with Crippen molar-refractivity contribution in [2.24, 2.45) is 11.8 Å². The smallest absolute Gasteiger partial charge is 0.304 e. The zero-order valence-electron chi connectivity index (χ0n) is 15.7. The number of rotatable bonds is 8. The Kier molecular flexibility index (Phi) is 7.37. The maximum Gasteiger partial charge on any atom is 0.304 e. The van der Waals surface area contributed by atoms with Crippen LogP contribution in [0.3, 0.4) is 0 Å². The van der Waals surface area contributed by atoms with Crippen molar-refractivity contribution in [2.75, 3.05) is 24.9 Å². The topological polar surface area (TPSA) is 69.7 Å². The second-order valence-electron chi connectivity index (χ2n) is 6.85. The molecule has 0 unspecified atom stereocenters. The highest BCUT2D eigenvalue weighted by Crippen LogP contribution is 2.20. The van der Waals surface area contributed by atoms with Crippen molar-refractivity contribution in [3.8, 4) is 0 Å². The van der Waals surface area contributed by atoms with E-state index in [0.29, 0.717) is 0 Å². The van der Waals surface area contributed by atoms with Crippen LogP contribution in [0.1, 0.15) is 27.7 Å². The Labute approximate surface area is 150 Å². The molecule has 1 aromatic carbocycles. The van der Waals surface area contributed by atoms with Crippen molar-refractivity contribution in [2.45, 2.75) is 33.7 Å². The minimum Gasteiger partial charge on any atom is -0.351 e. The van der Waals surface area contributed by atoms with Gasteiger partial charge in [-0.05, 0) is 36.1 Å². The molecule has 0 fully saturated rings. The Bertz CT molecular complexity index is 665. The molecule has 0 saturated heterocycles. The fourth-order valence-corrected chi connectivity index (χ4v) is 3.64. The molecule has 0 aromatic heterocycles. The number of benzene rings is 1. The summed E-state index contributed by atoms with van der Waals surface area (Å²) >= 11 is 0. The molecular formula is C17H28FN3O3S. The first kappa shape index (κ1) is 21.4. The molecule has 0 bridgehead atoms. The molecule has 1 rings (SSSR count). The standard InChI is InChI=1S/C17H28FN3O3S/c1-12(2)17(13(3)4)19-16(22)11-21(25(23,24)20(5)6)15-9-7-14(18)8-10-15/h7-10,12-13,17H,11H2,1-6H3,(H,19,22). The molecule has 0 heterocycles. The third-order valence-corrected chi connectivity index (χ3v) is 5.73. The molecule has 1 aromatic rings. The lowest BCUT2D eigenvalue weighted by Gasteiger charge is -2.30. The van der Waals surface area contributed by atoms with E-state index in [0.717, 1.165) is 20.7 Å². The molecule has 1 N–H and O–H groups in total. The lowest BCUT2D eigenvalue weighted by atomic mass is 9.93. The SMILES string of the molecule is CC(C)C(NC(=O)CN(c1ccc(F)cc1)S(=O)(=O)N(C)C)C(C)C. The Hall–Kier alpha value is -1.67. The number of carbonyl (C=O) groups excluding carboxylic acids is 1. The van der Waals surface area contributed by atoms with Crippen molar-refractivity contribution in [3.63, 3.8) is 0 Å². The highest BCUT2D eigenvalue weighted by Gasteiger charge is 2.29. The van der Waals surface area contributed by atoms with Gasteiger partial charge in [0.15, 0.2) is 0 Å². The molecule has 0 spiro atoms. The summed E-state index contributed by atoms with van der Waals surface area (Å²) in [4.78, 5) is 12.5. The number of nitrogens with one attached hydrogen (secondary N) is 1. The van der Waals surface area contributed by atoms with Crippen molar-refractivity contribution in [3.05, 3.63) is 30.1 Å². The minimum atomic E-state index is -3.89. The van der Waals surface area contributed by atoms with Crippen LogP contribution in [0, 0.1) is 17.7 Å². The first-order valence-corrected chi connectivity index (χ1v) is 9.61. The van der Waals surface area contributed by atoms with Gasteiger partial charge >= 0.3 is 10.2 Å². The molecule has 6 nitrogen and oxygen atoms in total. The third-order valence-electron chi connectivity index (χ3n) is 3.91. The highest BCUT2D eigenvalue weighted by molar-refractivity contribution is 7.90. The van der Waals surface area contributed by atoms with Gasteiger partial charge in [0.1, 0.15) is 12.4 Å². The number of amides is 1. The summed E-state index contributed by atoms with van der Waals surface area (Å²) in [6.07, 6.45) is 0. The molecule has 1 amide bonds. The van der Waals surface area contributed by atoms with Gasteiger partial charge in [0.2, 0.25) is 5.91 Å². The zero-order chi connectivity index (χ0) is 19.4. The summed E-state index contributed by atoms with van der Waals surface area (Å²) in [5, 5.41) is 2.90. The van der Waals surface area contributed by atoms with Gasteiger partial charge in [-0.2, -0.15) is 12.7 Å². The minimum absolute atomic E-state index is 0.0652. The van der Waals surface area contributed by atoms with E-state index in [4.69, 9.17) is 0 Å². The number of carbonyl (C=O) groups is 1. The second kappa shape index (κ2) is 8.62. The maximum atomic E-state index is 13.2. The third kappa shape index (κ3) is 5.67. The molecule has 0 atom stereocenters. The van der Waals surface area contributed by atoms with Crippen LogP contribution >= 0.6 is 0 Å². The quantitative estimate of drug-likeness (QED) is 0.760. The average molecular weight is 373 g/mol. The monoisotopic (exact) mass is 373 g/mol. The van der Waals surface area contributed by atoms with E-state index < -0.39 is 21.9 Å². The van der Waals surface area contributed by atoms with Gasteiger partial charge in [-0.25, -0.2) is 8.70 Å². The number of anilines is 1. The first-order valence-electron chi connectivity index (χ1n) is 8.22. The molecule has 8 heteroatoms. The van der Waals surface area contributed by atoms with E-state index in [2.05, 4.69) is 5.32 Å². The lowest BCUT2D eigenvalue weighted by molar-refractivity contribution is -0.121. The first-order chi connectivity index (χ1) is 11.5. The van der Waals surface area contributed by atoms with Crippen LogP contribution in [0.4, 0.5) is 10.1 Å². The highest BCUT2D eigenvalue weighted by atomic mass is 32.2. The lowest BCUT2D eigenvalue weighted by Crippen LogP contribution is -2.50. The number of hydrogen-bond donors (Lipinski definition) is 1. The molecule has 0 saturated carbocycles. The number of nitrogens with zero attached hydrogens (tertiary/aromatic N) is 2. The maximum absolute atomic E-state index is 13.2. The van der Waals surface area contributed by atoms with Gasteiger partial charge < -0.3 is 5.32 Å². The van der Waals surface area contributed by atoms with Crippen molar-refractivity contribution < 1.29 is 17.6 Å². The molecular weight excluding hydrogens is 345 g/mol. The van der Waals surface area contributed by atoms with Crippen LogP contribution in [0.5, 0.6) is 0 Å². The molecule has 0 radical (unpaired) electrons. The fraction of sp³-hybridized carbons (Fsp3) is 0.588. The normalized spacial score (nSPS) is 12.3. The summed E-state index contributed by atoms with van der Waals surface area (Å²) in [5.41, 5.74) is 0.232. The van der Waals surface area contributed by atoms with Crippen LogP contribution in [-0.2, 0) is 15.0 Å². The van der Waals surface area contributed by atoms with E-state index >= 15 is 0 Å². The van der Waals surface area contributed by atoms with Gasteiger partial charge in [-0.1, -0.05) is 27.7 Å². The summed E-state index contributed by atoms with van der Waals surface area (Å²) < 4.78 is 40.3. The predicted octanol–water partition coefficient (Wildman–Crippen LogP) is 2.24. The van der Waals surface area contributed by atoms with Gasteiger partial charge in [0.05, 0.1) is 5.69 Å². The van der Waals surface area contributed by atoms with E-state index in [1.165, 1.54) is 26.2 Å². The van der Waals surface area contributed by atoms with Crippen LogP contribution in [-0.4, -0.2) is 45.3 Å². The summed E-state index contributed by atoms with van der Waals surface area (Å²) in [5.74, 6) is -0.445.